The third-order valence-corrected chi connectivity index (χ3v) is 21.1. The molecule has 420 valence electrons. The fourth-order valence-electron chi connectivity index (χ4n) is 12.9. The minimum absolute atomic E-state index is 0.00854. The number of carbonyl (C=O) groups is 2. The zero-order valence-electron chi connectivity index (χ0n) is 49.7. The van der Waals surface area contributed by atoms with Crippen LogP contribution in [0.25, 0.3) is 0 Å². The maximum absolute atomic E-state index is 14.3. The smallest absolute Gasteiger partial charge is 0.309 e. The lowest BCUT2D eigenvalue weighted by molar-refractivity contribution is -0.252. The summed E-state index contributed by atoms with van der Waals surface area (Å²) in [7, 11) is 2.21. The molecule has 5 rings (SSSR count). The van der Waals surface area contributed by atoms with Gasteiger partial charge >= 0.3 is 5.97 Å². The normalized spacial score (nSPS) is 27.7. The van der Waals surface area contributed by atoms with Gasteiger partial charge < -0.3 is 34.2 Å². The Morgan fingerprint density at radius 3 is 1.61 bits per heavy atom. The highest BCUT2D eigenvalue weighted by atomic mass is 31.2. The van der Waals surface area contributed by atoms with Gasteiger partial charge in [0.15, 0.2) is 6.29 Å². The number of ether oxygens (including phenoxy) is 3. The summed E-state index contributed by atoms with van der Waals surface area (Å²) in [5, 5.41) is 28.8. The molecule has 0 aliphatic carbocycles. The van der Waals surface area contributed by atoms with Gasteiger partial charge in [0.2, 0.25) is 5.91 Å². The third kappa shape index (κ3) is 18.2. The van der Waals surface area contributed by atoms with Crippen molar-refractivity contribution in [3.63, 3.8) is 0 Å². The highest BCUT2D eigenvalue weighted by Gasteiger charge is 2.46. The van der Waals surface area contributed by atoms with Gasteiger partial charge in [0, 0.05) is 31.5 Å². The van der Waals surface area contributed by atoms with Crippen molar-refractivity contribution < 1.29 is 34.0 Å². The van der Waals surface area contributed by atoms with Gasteiger partial charge in [-0.3, -0.25) is 9.59 Å². The van der Waals surface area contributed by atoms with Gasteiger partial charge in [0.25, 0.3) is 0 Å². The third-order valence-electron chi connectivity index (χ3n) is 16.7. The molecular formula is C65H104N2O7P+. The molecule has 0 spiro atoms. The van der Waals surface area contributed by atoms with Gasteiger partial charge in [-0.05, 0) is 217 Å². The van der Waals surface area contributed by atoms with Crippen LogP contribution >= 0.6 is 7.26 Å². The Balaban J connectivity index is 1.16. The molecule has 2 N–H and O–H groups in total. The molecule has 2 fully saturated rings. The van der Waals surface area contributed by atoms with E-state index in [0.29, 0.717) is 45.1 Å². The van der Waals surface area contributed by atoms with Crippen LogP contribution in [0.5, 0.6) is 0 Å². The van der Waals surface area contributed by atoms with Crippen molar-refractivity contribution in [1.29, 1.82) is 0 Å². The maximum atomic E-state index is 14.3. The Kier molecular flexibility index (Phi) is 23.9. The lowest BCUT2D eigenvalue weighted by Crippen LogP contribution is -2.51. The van der Waals surface area contributed by atoms with E-state index in [1.807, 2.05) is 32.6 Å². The van der Waals surface area contributed by atoms with E-state index >= 15 is 0 Å². The number of aliphatic hydroxyl groups is 2. The van der Waals surface area contributed by atoms with Crippen LogP contribution in [0.15, 0.2) is 54.6 Å². The monoisotopic (exact) mass is 1060 g/mol. The first-order chi connectivity index (χ1) is 35.3. The molecule has 10 heteroatoms. The highest BCUT2D eigenvalue weighted by molar-refractivity contribution is 7.95. The summed E-state index contributed by atoms with van der Waals surface area (Å²) in [5.41, 5.74) is 5.43. The number of carbonyl (C=O) groups excluding carboxylic acids is 2. The number of hydrogen-bond donors (Lipinski definition) is 2. The molecule has 2 heterocycles. The van der Waals surface area contributed by atoms with E-state index in [0.717, 1.165) is 25.7 Å². The molecule has 0 bridgehead atoms. The van der Waals surface area contributed by atoms with Crippen LogP contribution in [0.1, 0.15) is 197 Å². The maximum Gasteiger partial charge on any atom is 0.309 e. The van der Waals surface area contributed by atoms with E-state index in [9.17, 15) is 19.8 Å². The predicted octanol–water partition coefficient (Wildman–Crippen LogP) is 12.8. The number of amides is 1. The van der Waals surface area contributed by atoms with Crippen LogP contribution in [-0.4, -0.2) is 107 Å². The van der Waals surface area contributed by atoms with Gasteiger partial charge in [0.1, 0.15) is 34.9 Å². The molecule has 0 saturated carbocycles. The Hall–Kier alpha value is -3.17. The fourth-order valence-corrected chi connectivity index (χ4v) is 17.8. The zero-order valence-corrected chi connectivity index (χ0v) is 50.6. The summed E-state index contributed by atoms with van der Waals surface area (Å²) in [6.45, 7) is 27.5. The molecule has 75 heavy (non-hydrogen) atoms. The number of esters is 1. The largest absolute Gasteiger partial charge is 0.459 e. The quantitative estimate of drug-likeness (QED) is 0.0654. The lowest BCUT2D eigenvalue weighted by Gasteiger charge is -2.42. The average Bonchev–Trinajstić information content (AvgIpc) is 3.30. The minimum Gasteiger partial charge on any atom is -0.459 e. The lowest BCUT2D eigenvalue weighted by atomic mass is 9.84. The zero-order chi connectivity index (χ0) is 55.3. The predicted molar refractivity (Wildman–Crippen MR) is 315 cm³/mol. The summed E-state index contributed by atoms with van der Waals surface area (Å²) < 4.78 is 19.1. The SMILES string of the molecule is CC[C@H]1OC(=O)[C@H](C)CC[C@@H](O[C@H]2C[C@@H](N(C)C)C[C@@H](C)O2)[C@](C)(O)C[C@@H](C)CN(C(=O)CCCCCCCCCCCC[P+](c2cc(C)cc(C)c2)(c2cc(C)cc(C)c2)c2cc(C)cc(C)c2)[C@H](C)C[C@]1(C)O. The molecule has 3 aromatic carbocycles. The molecule has 0 aromatic heterocycles. The molecule has 3 aromatic rings. The molecule has 0 unspecified atom stereocenters. The van der Waals surface area contributed by atoms with Crippen molar-refractivity contribution in [1.82, 2.24) is 9.80 Å². The number of unbranched alkanes of at least 4 members (excludes halogenated alkanes) is 9. The first-order valence-corrected chi connectivity index (χ1v) is 31.4. The Morgan fingerprint density at radius 1 is 0.680 bits per heavy atom. The van der Waals surface area contributed by atoms with Crippen molar-refractivity contribution in [2.75, 3.05) is 26.8 Å². The summed E-state index contributed by atoms with van der Waals surface area (Å²) in [4.78, 5) is 32.0. The molecule has 1 amide bonds. The second-order valence-corrected chi connectivity index (χ2v) is 28.5. The number of hydrogen-bond acceptors (Lipinski definition) is 8. The van der Waals surface area contributed by atoms with Crippen LogP contribution in [0.3, 0.4) is 0 Å². The van der Waals surface area contributed by atoms with Crippen molar-refractivity contribution in [3.05, 3.63) is 88.0 Å². The van der Waals surface area contributed by atoms with E-state index in [2.05, 4.69) is 129 Å². The topological polar surface area (TPSA) is 109 Å². The molecule has 2 saturated heterocycles. The van der Waals surface area contributed by atoms with Crippen molar-refractivity contribution in [2.45, 2.75) is 253 Å². The van der Waals surface area contributed by atoms with E-state index in [1.165, 1.54) is 100 Å². The number of cyclic esters (lactones) is 1. The number of benzene rings is 3. The highest BCUT2D eigenvalue weighted by Crippen LogP contribution is 2.57. The van der Waals surface area contributed by atoms with Gasteiger partial charge in [-0.15, -0.1) is 0 Å². The van der Waals surface area contributed by atoms with Crippen molar-refractivity contribution >= 4 is 35.1 Å². The fraction of sp³-hybridized carbons (Fsp3) is 0.692. The Labute approximate surface area is 457 Å². The van der Waals surface area contributed by atoms with Crippen LogP contribution < -0.4 is 15.9 Å². The summed E-state index contributed by atoms with van der Waals surface area (Å²) in [6, 6.07) is 21.8. The van der Waals surface area contributed by atoms with E-state index in [1.54, 1.807) is 6.92 Å². The van der Waals surface area contributed by atoms with Gasteiger partial charge in [-0.1, -0.05) is 83.9 Å². The van der Waals surface area contributed by atoms with Gasteiger partial charge in [0.05, 0.1) is 29.9 Å². The van der Waals surface area contributed by atoms with Crippen LogP contribution in [0.4, 0.5) is 0 Å². The first kappa shape index (κ1) is 62.7. The van der Waals surface area contributed by atoms with Crippen molar-refractivity contribution in [2.24, 2.45) is 11.8 Å². The Morgan fingerprint density at radius 2 is 1.15 bits per heavy atom. The van der Waals surface area contributed by atoms with Gasteiger partial charge in [-0.25, -0.2) is 0 Å². The average molecular weight is 1060 g/mol. The van der Waals surface area contributed by atoms with E-state index in [4.69, 9.17) is 14.2 Å². The molecule has 2 aliphatic rings. The number of nitrogens with zero attached hydrogens (tertiary/aromatic N) is 2. The molecule has 10 atom stereocenters. The second kappa shape index (κ2) is 28.6. The van der Waals surface area contributed by atoms with E-state index in [-0.39, 0.29) is 42.4 Å². The van der Waals surface area contributed by atoms with Crippen molar-refractivity contribution in [3.8, 4) is 0 Å². The standard InChI is InChI=1S/C65H104N2O7P/c1-16-59-65(13,71)43-53(10)67(44-51(8)42-64(12,70)60(29-28-52(9)63(69)74-59)73-62-41-55(66(14)15)40-54(11)72-62)61(68)27-25-23-21-19-17-18-20-22-24-26-30-75(56-34-45(2)31-46(3)35-56,57-36-47(4)32-48(5)37-57)58-38-49(6)33-50(7)39-58/h31-39,51-55,59-60,62,70-71H,16-30,40-44H2,1-15H3/q+1/t51-,52-,53-,54-,55+,59-,60-,62+,64-,65+/m1/s1. The molecule has 9 nitrogen and oxygen atoms in total. The summed E-state index contributed by atoms with van der Waals surface area (Å²) in [5.74, 6) is -0.831. The van der Waals surface area contributed by atoms with Crippen LogP contribution in [0, 0.1) is 53.4 Å². The van der Waals surface area contributed by atoms with E-state index < -0.39 is 42.9 Å². The molecule has 2 aliphatic heterocycles. The number of aryl methyl sites for hydroxylation is 6. The van der Waals surface area contributed by atoms with Crippen LogP contribution in [0.2, 0.25) is 0 Å². The molecular weight excluding hydrogens is 952 g/mol. The first-order valence-electron chi connectivity index (χ1n) is 29.4. The minimum atomic E-state index is -1.94. The summed E-state index contributed by atoms with van der Waals surface area (Å²) in [6.07, 6.45) is 14.9. The second-order valence-electron chi connectivity index (χ2n) is 24.9. The Bertz CT molecular complexity index is 2090. The number of rotatable bonds is 20. The van der Waals surface area contributed by atoms with Gasteiger partial charge in [-0.2, -0.15) is 0 Å². The van der Waals surface area contributed by atoms with Crippen LogP contribution in [-0.2, 0) is 23.8 Å². The summed E-state index contributed by atoms with van der Waals surface area (Å²) >= 11 is 0. The molecule has 0 radical (unpaired) electrons.